The molecule has 0 spiro atoms. The SMILES string of the molecule is CCC(COC(=O)c1ccc(CS(C)(=O)=O)cc1)Nc1ccc([N+](=O)[O-])cn1. The van der Waals surface area contributed by atoms with Gasteiger partial charge in [0, 0.05) is 12.3 Å². The van der Waals surface area contributed by atoms with E-state index < -0.39 is 20.7 Å². The highest BCUT2D eigenvalue weighted by Gasteiger charge is 2.14. The first-order valence-electron chi connectivity index (χ1n) is 8.48. The fraction of sp³-hybridized carbons (Fsp3) is 0.333. The predicted molar refractivity (Wildman–Crippen MR) is 104 cm³/mol. The Balaban J connectivity index is 1.91. The molecule has 0 aliphatic carbocycles. The first-order valence-corrected chi connectivity index (χ1v) is 10.5. The number of benzene rings is 1. The summed E-state index contributed by atoms with van der Waals surface area (Å²) in [6, 6.07) is 8.81. The van der Waals surface area contributed by atoms with Gasteiger partial charge in [-0.2, -0.15) is 0 Å². The topological polar surface area (TPSA) is 128 Å². The maximum absolute atomic E-state index is 12.2. The van der Waals surface area contributed by atoms with E-state index in [4.69, 9.17) is 4.74 Å². The number of ether oxygens (including phenoxy) is 1. The van der Waals surface area contributed by atoms with Crippen molar-refractivity contribution in [1.29, 1.82) is 0 Å². The largest absolute Gasteiger partial charge is 0.460 e. The number of hydrogen-bond donors (Lipinski definition) is 1. The van der Waals surface area contributed by atoms with Gasteiger partial charge in [-0.15, -0.1) is 0 Å². The van der Waals surface area contributed by atoms with E-state index in [9.17, 15) is 23.3 Å². The zero-order valence-electron chi connectivity index (χ0n) is 15.5. The minimum Gasteiger partial charge on any atom is -0.460 e. The molecule has 0 amide bonds. The third kappa shape index (κ3) is 6.62. The van der Waals surface area contributed by atoms with Crippen molar-refractivity contribution >= 4 is 27.3 Å². The van der Waals surface area contributed by atoms with E-state index in [1.165, 1.54) is 24.3 Å². The Labute approximate surface area is 162 Å². The van der Waals surface area contributed by atoms with Crippen LogP contribution in [-0.2, 0) is 20.3 Å². The van der Waals surface area contributed by atoms with Gasteiger partial charge >= 0.3 is 5.97 Å². The van der Waals surface area contributed by atoms with Crippen molar-refractivity contribution in [2.75, 3.05) is 18.2 Å². The van der Waals surface area contributed by atoms with Gasteiger partial charge in [-0.25, -0.2) is 18.2 Å². The van der Waals surface area contributed by atoms with Gasteiger partial charge in [-0.3, -0.25) is 10.1 Å². The number of nitro groups is 1. The van der Waals surface area contributed by atoms with Gasteiger partial charge in [-0.05, 0) is 30.2 Å². The maximum atomic E-state index is 12.2. The second-order valence-corrected chi connectivity index (χ2v) is 8.41. The summed E-state index contributed by atoms with van der Waals surface area (Å²) in [5, 5.41) is 13.7. The number of rotatable bonds is 9. The quantitative estimate of drug-likeness (QED) is 0.381. The molecule has 1 unspecified atom stereocenters. The second-order valence-electron chi connectivity index (χ2n) is 6.27. The summed E-state index contributed by atoms with van der Waals surface area (Å²) in [6.07, 6.45) is 2.94. The molecular weight excluding hydrogens is 386 g/mol. The maximum Gasteiger partial charge on any atom is 0.338 e. The van der Waals surface area contributed by atoms with E-state index in [0.717, 1.165) is 12.5 Å². The Bertz CT molecular complexity index is 927. The van der Waals surface area contributed by atoms with E-state index in [2.05, 4.69) is 10.3 Å². The van der Waals surface area contributed by atoms with E-state index in [1.54, 1.807) is 12.1 Å². The van der Waals surface area contributed by atoms with Gasteiger partial charge in [-0.1, -0.05) is 19.1 Å². The number of pyridine rings is 1. The van der Waals surface area contributed by atoms with Crippen molar-refractivity contribution in [3.8, 4) is 0 Å². The van der Waals surface area contributed by atoms with Crippen LogP contribution in [0.25, 0.3) is 0 Å². The Morgan fingerprint density at radius 2 is 1.93 bits per heavy atom. The molecular formula is C18H21N3O6S. The van der Waals surface area contributed by atoms with Crippen molar-refractivity contribution in [3.63, 3.8) is 0 Å². The smallest absolute Gasteiger partial charge is 0.338 e. The molecule has 9 nitrogen and oxygen atoms in total. The van der Waals surface area contributed by atoms with Crippen molar-refractivity contribution in [1.82, 2.24) is 4.98 Å². The average molecular weight is 407 g/mol. The van der Waals surface area contributed by atoms with Crippen LogP contribution in [-0.4, -0.2) is 43.2 Å². The van der Waals surface area contributed by atoms with Crippen LogP contribution in [0.15, 0.2) is 42.6 Å². The lowest BCUT2D eigenvalue weighted by Gasteiger charge is -2.17. The molecule has 10 heteroatoms. The molecule has 150 valence electrons. The minimum absolute atomic E-state index is 0.0824. The molecule has 1 N–H and O–H groups in total. The van der Waals surface area contributed by atoms with Crippen LogP contribution in [0.3, 0.4) is 0 Å². The molecule has 1 atom stereocenters. The molecule has 0 saturated carbocycles. The fourth-order valence-electron chi connectivity index (χ4n) is 2.35. The Kier molecular flexibility index (Phi) is 7.05. The first-order chi connectivity index (χ1) is 13.2. The normalized spacial score (nSPS) is 12.2. The Hall–Kier alpha value is -3.01. The van der Waals surface area contributed by atoms with Gasteiger partial charge < -0.3 is 10.1 Å². The lowest BCUT2D eigenvalue weighted by molar-refractivity contribution is -0.385. The van der Waals surface area contributed by atoms with E-state index in [1.807, 2.05) is 6.92 Å². The second kappa shape index (κ2) is 9.27. The van der Waals surface area contributed by atoms with Crippen molar-refractivity contribution < 1.29 is 22.9 Å². The van der Waals surface area contributed by atoms with Crippen LogP contribution < -0.4 is 5.32 Å². The predicted octanol–water partition coefficient (Wildman–Crippen LogP) is 2.58. The third-order valence-electron chi connectivity index (χ3n) is 3.84. The van der Waals surface area contributed by atoms with E-state index in [-0.39, 0.29) is 24.1 Å². The zero-order valence-corrected chi connectivity index (χ0v) is 16.3. The number of esters is 1. The van der Waals surface area contributed by atoms with Crippen LogP contribution in [0.5, 0.6) is 0 Å². The number of carbonyl (C=O) groups excluding carboxylic acids is 1. The van der Waals surface area contributed by atoms with Crippen LogP contribution in [0, 0.1) is 10.1 Å². The number of anilines is 1. The molecule has 0 aliphatic heterocycles. The third-order valence-corrected chi connectivity index (χ3v) is 4.70. The van der Waals surface area contributed by atoms with Gasteiger partial charge in [0.1, 0.15) is 18.6 Å². The number of sulfone groups is 1. The molecule has 0 bridgehead atoms. The molecule has 1 aromatic carbocycles. The van der Waals surface area contributed by atoms with Gasteiger partial charge in [0.15, 0.2) is 9.84 Å². The molecule has 2 aromatic rings. The summed E-state index contributed by atoms with van der Waals surface area (Å²) in [6.45, 7) is 1.98. The molecule has 0 radical (unpaired) electrons. The summed E-state index contributed by atoms with van der Waals surface area (Å²) in [7, 11) is -3.14. The van der Waals surface area contributed by atoms with Gasteiger partial charge in [0.2, 0.25) is 0 Å². The Morgan fingerprint density at radius 3 is 2.43 bits per heavy atom. The summed E-state index contributed by atoms with van der Waals surface area (Å²) in [5.41, 5.74) is 0.807. The molecule has 0 aliphatic rings. The van der Waals surface area contributed by atoms with Crippen molar-refractivity contribution in [2.24, 2.45) is 0 Å². The Morgan fingerprint density at radius 1 is 1.25 bits per heavy atom. The van der Waals surface area contributed by atoms with Gasteiger partial charge in [0.05, 0.1) is 22.3 Å². The highest BCUT2D eigenvalue weighted by Crippen LogP contribution is 2.14. The zero-order chi connectivity index (χ0) is 20.7. The molecule has 1 aromatic heterocycles. The summed E-state index contributed by atoms with van der Waals surface area (Å²) >= 11 is 0. The summed E-state index contributed by atoms with van der Waals surface area (Å²) in [4.78, 5) is 26.3. The van der Waals surface area contributed by atoms with Crippen LogP contribution in [0.1, 0.15) is 29.3 Å². The lowest BCUT2D eigenvalue weighted by atomic mass is 10.1. The molecule has 0 fully saturated rings. The number of nitrogens with zero attached hydrogens (tertiary/aromatic N) is 2. The number of hydrogen-bond acceptors (Lipinski definition) is 8. The molecule has 0 saturated heterocycles. The van der Waals surface area contributed by atoms with E-state index >= 15 is 0 Å². The summed E-state index contributed by atoms with van der Waals surface area (Å²) in [5.74, 6) is -0.173. The monoisotopic (exact) mass is 407 g/mol. The summed E-state index contributed by atoms with van der Waals surface area (Å²) < 4.78 is 27.9. The highest BCUT2D eigenvalue weighted by molar-refractivity contribution is 7.89. The minimum atomic E-state index is -3.14. The van der Waals surface area contributed by atoms with Gasteiger partial charge in [0.25, 0.3) is 5.69 Å². The molecule has 2 rings (SSSR count). The molecule has 1 heterocycles. The lowest BCUT2D eigenvalue weighted by Crippen LogP contribution is -2.26. The first kappa shape index (κ1) is 21.3. The van der Waals surface area contributed by atoms with Crippen molar-refractivity contribution in [2.45, 2.75) is 25.1 Å². The van der Waals surface area contributed by atoms with Crippen LogP contribution in [0.2, 0.25) is 0 Å². The fourth-order valence-corrected chi connectivity index (χ4v) is 3.15. The van der Waals surface area contributed by atoms with E-state index in [0.29, 0.717) is 23.4 Å². The standard InChI is InChI=1S/C18H21N3O6S/c1-3-15(20-17-9-8-16(10-19-17)21(23)24)11-27-18(22)14-6-4-13(5-7-14)12-28(2,25)26/h4-10,15H,3,11-12H2,1-2H3,(H,19,20). The highest BCUT2D eigenvalue weighted by atomic mass is 32.2. The van der Waals surface area contributed by atoms with Crippen LogP contribution in [0.4, 0.5) is 11.5 Å². The van der Waals surface area contributed by atoms with Crippen LogP contribution >= 0.6 is 0 Å². The number of nitrogens with one attached hydrogen (secondary N) is 1. The number of carbonyl (C=O) groups is 1. The molecule has 28 heavy (non-hydrogen) atoms. The number of aromatic nitrogens is 1. The average Bonchev–Trinajstić information content (AvgIpc) is 2.64. The van der Waals surface area contributed by atoms with Crippen molar-refractivity contribution in [3.05, 3.63) is 63.8 Å².